The van der Waals surface area contributed by atoms with E-state index in [9.17, 15) is 4.39 Å². The lowest BCUT2D eigenvalue weighted by molar-refractivity contribution is 0.154. The summed E-state index contributed by atoms with van der Waals surface area (Å²) in [6.45, 7) is 10.5. The van der Waals surface area contributed by atoms with E-state index in [1.54, 1.807) is 6.07 Å². The summed E-state index contributed by atoms with van der Waals surface area (Å²) >= 11 is 0. The van der Waals surface area contributed by atoms with Crippen molar-refractivity contribution in [3.05, 3.63) is 35.1 Å². The molecule has 0 amide bonds. The molecular weight excluding hydrogens is 275 g/mol. The first-order chi connectivity index (χ1) is 9.08. The molecule has 1 aliphatic rings. The molecule has 1 saturated heterocycles. The van der Waals surface area contributed by atoms with Crippen LogP contribution in [0.3, 0.4) is 0 Å². The lowest BCUT2D eigenvalue weighted by atomic mass is 9.94. The Bertz CT molecular complexity index is 417. The number of rotatable bonds is 4. The van der Waals surface area contributed by atoms with Gasteiger partial charge in [0.1, 0.15) is 5.82 Å². The van der Waals surface area contributed by atoms with E-state index >= 15 is 0 Å². The van der Waals surface area contributed by atoms with Crippen molar-refractivity contribution in [2.45, 2.75) is 33.2 Å². The van der Waals surface area contributed by atoms with Gasteiger partial charge in [-0.15, -0.1) is 12.4 Å². The maximum Gasteiger partial charge on any atom is 0.126 e. The Morgan fingerprint density at radius 2 is 1.90 bits per heavy atom. The molecular formula is C16H26ClFN2. The van der Waals surface area contributed by atoms with Gasteiger partial charge in [-0.2, -0.15) is 0 Å². The van der Waals surface area contributed by atoms with E-state index in [0.29, 0.717) is 12.0 Å². The lowest BCUT2D eigenvalue weighted by Gasteiger charge is -2.36. The van der Waals surface area contributed by atoms with E-state index in [0.717, 1.165) is 43.7 Å². The van der Waals surface area contributed by atoms with E-state index in [1.165, 1.54) is 0 Å². The van der Waals surface area contributed by atoms with Crippen LogP contribution in [0.2, 0.25) is 0 Å². The smallest absolute Gasteiger partial charge is 0.126 e. The zero-order chi connectivity index (χ0) is 13.8. The van der Waals surface area contributed by atoms with Gasteiger partial charge < -0.3 is 5.32 Å². The molecule has 0 radical (unpaired) electrons. The number of benzene rings is 1. The first kappa shape index (κ1) is 17.4. The highest BCUT2D eigenvalue weighted by Gasteiger charge is 2.23. The number of hydrogen-bond acceptors (Lipinski definition) is 2. The minimum Gasteiger partial charge on any atom is -0.314 e. The average Bonchev–Trinajstić information content (AvgIpc) is 2.40. The predicted octanol–water partition coefficient (Wildman–Crippen LogP) is 3.55. The third-order valence-corrected chi connectivity index (χ3v) is 3.87. The van der Waals surface area contributed by atoms with Gasteiger partial charge in [0.05, 0.1) is 0 Å². The molecule has 1 heterocycles. The van der Waals surface area contributed by atoms with E-state index < -0.39 is 0 Å². The van der Waals surface area contributed by atoms with Crippen molar-refractivity contribution in [3.8, 4) is 0 Å². The minimum atomic E-state index is -0.0820. The highest BCUT2D eigenvalue weighted by Crippen LogP contribution is 2.29. The van der Waals surface area contributed by atoms with Crippen molar-refractivity contribution in [1.82, 2.24) is 10.2 Å². The van der Waals surface area contributed by atoms with Crippen LogP contribution in [0.15, 0.2) is 18.2 Å². The Labute approximate surface area is 128 Å². The second-order valence-electron chi connectivity index (χ2n) is 5.94. The Balaban J connectivity index is 0.00000200. The third kappa shape index (κ3) is 4.44. The Morgan fingerprint density at radius 3 is 2.45 bits per heavy atom. The van der Waals surface area contributed by atoms with Crippen molar-refractivity contribution in [1.29, 1.82) is 0 Å². The number of halogens is 2. The van der Waals surface area contributed by atoms with Crippen molar-refractivity contribution in [2.75, 3.05) is 26.2 Å². The second-order valence-corrected chi connectivity index (χ2v) is 5.94. The van der Waals surface area contributed by atoms with Crippen LogP contribution in [0, 0.1) is 18.7 Å². The summed E-state index contributed by atoms with van der Waals surface area (Å²) in [4.78, 5) is 2.49. The number of aryl methyl sites for hydroxylation is 1. The minimum absolute atomic E-state index is 0. The van der Waals surface area contributed by atoms with Gasteiger partial charge in [-0.05, 0) is 36.5 Å². The predicted molar refractivity (Wildman–Crippen MR) is 85.0 cm³/mol. The van der Waals surface area contributed by atoms with Crippen LogP contribution >= 0.6 is 12.4 Å². The number of nitrogens with one attached hydrogen (secondary N) is 1. The van der Waals surface area contributed by atoms with Gasteiger partial charge in [0.2, 0.25) is 0 Å². The molecule has 0 aliphatic carbocycles. The van der Waals surface area contributed by atoms with Crippen molar-refractivity contribution in [2.24, 2.45) is 5.92 Å². The van der Waals surface area contributed by atoms with Crippen molar-refractivity contribution >= 4 is 12.4 Å². The first-order valence-corrected chi connectivity index (χ1v) is 7.28. The Kier molecular flexibility index (Phi) is 6.93. The zero-order valence-electron chi connectivity index (χ0n) is 12.7. The fourth-order valence-corrected chi connectivity index (χ4v) is 2.75. The highest BCUT2D eigenvalue weighted by molar-refractivity contribution is 5.85. The molecule has 1 aliphatic heterocycles. The van der Waals surface area contributed by atoms with Crippen molar-refractivity contribution in [3.63, 3.8) is 0 Å². The van der Waals surface area contributed by atoms with Gasteiger partial charge in [0.25, 0.3) is 0 Å². The highest BCUT2D eigenvalue weighted by atomic mass is 35.5. The van der Waals surface area contributed by atoms with E-state index in [4.69, 9.17) is 0 Å². The average molecular weight is 301 g/mol. The maximum absolute atomic E-state index is 13.8. The van der Waals surface area contributed by atoms with Crippen LogP contribution in [0.25, 0.3) is 0 Å². The molecule has 0 bridgehead atoms. The molecule has 20 heavy (non-hydrogen) atoms. The van der Waals surface area contributed by atoms with Gasteiger partial charge in [-0.1, -0.05) is 26.0 Å². The number of piperazine rings is 1. The number of hydrogen-bond donors (Lipinski definition) is 1. The summed E-state index contributed by atoms with van der Waals surface area (Å²) in [6.07, 6.45) is 1.09. The van der Waals surface area contributed by atoms with Crippen LogP contribution in [-0.4, -0.2) is 31.1 Å². The molecule has 1 aromatic carbocycles. The summed E-state index contributed by atoms with van der Waals surface area (Å²) in [5.74, 6) is 0.533. The topological polar surface area (TPSA) is 15.3 Å². The Hall–Kier alpha value is -0.640. The van der Waals surface area contributed by atoms with Crippen LogP contribution in [0.4, 0.5) is 4.39 Å². The maximum atomic E-state index is 13.8. The molecule has 1 N–H and O–H groups in total. The van der Waals surface area contributed by atoms with Gasteiger partial charge in [0, 0.05) is 32.2 Å². The van der Waals surface area contributed by atoms with Crippen LogP contribution in [0.1, 0.15) is 37.4 Å². The van der Waals surface area contributed by atoms with Gasteiger partial charge in [-0.3, -0.25) is 4.90 Å². The third-order valence-electron chi connectivity index (χ3n) is 3.87. The molecule has 0 spiro atoms. The van der Waals surface area contributed by atoms with Gasteiger partial charge in [-0.25, -0.2) is 4.39 Å². The van der Waals surface area contributed by atoms with Crippen LogP contribution in [-0.2, 0) is 0 Å². The molecule has 2 rings (SSSR count). The monoisotopic (exact) mass is 300 g/mol. The molecule has 4 heteroatoms. The van der Waals surface area contributed by atoms with Crippen molar-refractivity contribution < 1.29 is 4.39 Å². The first-order valence-electron chi connectivity index (χ1n) is 7.28. The summed E-state index contributed by atoms with van der Waals surface area (Å²) in [7, 11) is 0. The standard InChI is InChI=1S/C16H25FN2.ClH/c1-12(2)10-16(19-8-6-18-7-9-19)14-5-4-13(3)15(17)11-14;/h4-5,11-12,16,18H,6-10H2,1-3H3;1H/t16-;/m0./s1. The lowest BCUT2D eigenvalue weighted by Crippen LogP contribution is -2.45. The fraction of sp³-hybridized carbons (Fsp3) is 0.625. The molecule has 0 saturated carbocycles. The molecule has 114 valence electrons. The largest absolute Gasteiger partial charge is 0.314 e. The SMILES string of the molecule is Cc1ccc([C@H](CC(C)C)N2CCNCC2)cc1F.Cl. The Morgan fingerprint density at radius 1 is 1.25 bits per heavy atom. The van der Waals surface area contributed by atoms with E-state index in [2.05, 4.69) is 30.1 Å². The fourth-order valence-electron chi connectivity index (χ4n) is 2.75. The van der Waals surface area contributed by atoms with Gasteiger partial charge >= 0.3 is 0 Å². The molecule has 1 aromatic rings. The summed E-state index contributed by atoms with van der Waals surface area (Å²) in [5, 5.41) is 3.38. The zero-order valence-corrected chi connectivity index (χ0v) is 13.5. The molecule has 0 unspecified atom stereocenters. The summed E-state index contributed by atoms with van der Waals surface area (Å²) < 4.78 is 13.8. The summed E-state index contributed by atoms with van der Waals surface area (Å²) in [6, 6.07) is 6.06. The van der Waals surface area contributed by atoms with E-state index in [1.807, 2.05) is 13.0 Å². The molecule has 0 aromatic heterocycles. The second kappa shape index (κ2) is 7.96. The quantitative estimate of drug-likeness (QED) is 0.915. The van der Waals surface area contributed by atoms with E-state index in [-0.39, 0.29) is 18.2 Å². The molecule has 1 atom stereocenters. The molecule has 1 fully saturated rings. The van der Waals surface area contributed by atoms with Crippen LogP contribution in [0.5, 0.6) is 0 Å². The van der Waals surface area contributed by atoms with Crippen LogP contribution < -0.4 is 5.32 Å². The normalized spacial score (nSPS) is 17.9. The summed E-state index contributed by atoms with van der Waals surface area (Å²) in [5.41, 5.74) is 1.85. The number of nitrogens with zero attached hydrogens (tertiary/aromatic N) is 1. The molecule has 2 nitrogen and oxygen atoms in total. The van der Waals surface area contributed by atoms with Gasteiger partial charge in [0.15, 0.2) is 0 Å².